The third kappa shape index (κ3) is 4.04. The second-order valence-electron chi connectivity index (χ2n) is 2.64. The van der Waals surface area contributed by atoms with Crippen molar-refractivity contribution in [2.75, 3.05) is 0 Å². The fourth-order valence-electron chi connectivity index (χ4n) is 0.936. The molecule has 0 saturated heterocycles. The van der Waals surface area contributed by atoms with Gasteiger partial charge in [0.1, 0.15) is 0 Å². The van der Waals surface area contributed by atoms with Crippen LogP contribution >= 0.6 is 15.9 Å². The van der Waals surface area contributed by atoms with E-state index in [-0.39, 0.29) is 0 Å². The van der Waals surface area contributed by atoms with Crippen LogP contribution in [0.5, 0.6) is 0 Å². The van der Waals surface area contributed by atoms with Crippen LogP contribution in [0.15, 0.2) is 34.8 Å². The Morgan fingerprint density at radius 2 is 2.00 bits per heavy atom. The third-order valence-electron chi connectivity index (χ3n) is 1.59. The quantitative estimate of drug-likeness (QED) is 0.735. The van der Waals surface area contributed by atoms with Crippen LogP contribution in [0.25, 0.3) is 6.08 Å². The normalized spacial score (nSPS) is 10.5. The van der Waals surface area contributed by atoms with Crippen LogP contribution in [0.1, 0.15) is 18.4 Å². The summed E-state index contributed by atoms with van der Waals surface area (Å²) in [6.45, 7) is 0. The highest BCUT2D eigenvalue weighted by molar-refractivity contribution is 9.10. The van der Waals surface area contributed by atoms with Gasteiger partial charge in [0.2, 0.25) is 0 Å². The predicted molar refractivity (Wildman–Crippen MR) is 58.1 cm³/mol. The van der Waals surface area contributed by atoms with Gasteiger partial charge in [-0.2, -0.15) is 0 Å². The molecule has 0 bridgehead atoms. The molecule has 1 nitrogen and oxygen atoms in total. The molecule has 1 radical (unpaired) electrons. The first-order valence-electron chi connectivity index (χ1n) is 4.10. The zero-order valence-electron chi connectivity index (χ0n) is 7.16. The van der Waals surface area contributed by atoms with E-state index in [1.165, 1.54) is 0 Å². The lowest BCUT2D eigenvalue weighted by Crippen LogP contribution is -1.72. The van der Waals surface area contributed by atoms with Gasteiger partial charge in [-0.05, 0) is 24.1 Å². The molecule has 1 aromatic rings. The van der Waals surface area contributed by atoms with Gasteiger partial charge in [-0.15, -0.1) is 0 Å². The number of hydrogen-bond acceptors (Lipinski definition) is 1. The molecular formula is C11H10BrO. The number of allylic oxidation sites excluding steroid dienone is 1. The molecule has 0 saturated carbocycles. The van der Waals surface area contributed by atoms with E-state index in [4.69, 9.17) is 0 Å². The average molecular weight is 238 g/mol. The summed E-state index contributed by atoms with van der Waals surface area (Å²) in [6.07, 6.45) is 7.08. The van der Waals surface area contributed by atoms with Crippen molar-refractivity contribution < 1.29 is 4.79 Å². The number of hydrogen-bond donors (Lipinski definition) is 0. The van der Waals surface area contributed by atoms with E-state index in [0.29, 0.717) is 6.42 Å². The summed E-state index contributed by atoms with van der Waals surface area (Å²) in [4.78, 5) is 9.90. The van der Waals surface area contributed by atoms with Gasteiger partial charge in [0.15, 0.2) is 6.29 Å². The molecule has 0 spiro atoms. The summed E-state index contributed by atoms with van der Waals surface area (Å²) in [5, 5.41) is 0. The first-order valence-corrected chi connectivity index (χ1v) is 4.89. The molecule has 2 heteroatoms. The SMILES string of the molecule is O=[C]CC/C=C/c1ccc(Br)cc1. The van der Waals surface area contributed by atoms with Crippen molar-refractivity contribution in [3.63, 3.8) is 0 Å². The molecule has 0 atom stereocenters. The molecule has 67 valence electrons. The Morgan fingerprint density at radius 3 is 2.62 bits per heavy atom. The lowest BCUT2D eigenvalue weighted by Gasteiger charge is -1.92. The van der Waals surface area contributed by atoms with E-state index in [1.54, 1.807) is 0 Å². The molecule has 0 N–H and O–H groups in total. The molecule has 13 heavy (non-hydrogen) atoms. The van der Waals surface area contributed by atoms with Gasteiger partial charge in [0.25, 0.3) is 0 Å². The van der Waals surface area contributed by atoms with Gasteiger partial charge in [0.05, 0.1) is 0 Å². The highest BCUT2D eigenvalue weighted by Crippen LogP contribution is 2.11. The summed E-state index contributed by atoms with van der Waals surface area (Å²) >= 11 is 3.36. The maximum atomic E-state index is 9.90. The molecule has 1 rings (SSSR count). The lowest BCUT2D eigenvalue weighted by atomic mass is 10.2. The molecule has 0 aliphatic carbocycles. The Bertz CT molecular complexity index is 287. The minimum absolute atomic E-state index is 0.479. The van der Waals surface area contributed by atoms with Crippen molar-refractivity contribution in [2.45, 2.75) is 12.8 Å². The highest BCUT2D eigenvalue weighted by Gasteiger charge is 1.86. The first kappa shape index (κ1) is 10.2. The number of halogens is 1. The summed E-state index contributed by atoms with van der Waals surface area (Å²) in [5.74, 6) is 0. The van der Waals surface area contributed by atoms with Crippen molar-refractivity contribution in [1.82, 2.24) is 0 Å². The van der Waals surface area contributed by atoms with E-state index in [2.05, 4.69) is 15.9 Å². The van der Waals surface area contributed by atoms with Gasteiger partial charge < -0.3 is 0 Å². The number of carbonyl (C=O) groups excluding carboxylic acids is 1. The maximum Gasteiger partial charge on any atom is 0.198 e. The van der Waals surface area contributed by atoms with Gasteiger partial charge in [0, 0.05) is 10.9 Å². The van der Waals surface area contributed by atoms with Crippen LogP contribution in [-0.2, 0) is 4.79 Å². The van der Waals surface area contributed by atoms with E-state index in [9.17, 15) is 4.79 Å². The predicted octanol–water partition coefficient (Wildman–Crippen LogP) is 3.35. The Kier molecular flexibility index (Phi) is 4.47. The Labute approximate surface area is 86.6 Å². The Balaban J connectivity index is 2.49. The van der Waals surface area contributed by atoms with Crippen LogP contribution < -0.4 is 0 Å². The zero-order chi connectivity index (χ0) is 9.52. The smallest absolute Gasteiger partial charge is 0.198 e. The minimum atomic E-state index is 0.479. The lowest BCUT2D eigenvalue weighted by molar-refractivity contribution is 0.552. The maximum absolute atomic E-state index is 9.90. The van der Waals surface area contributed by atoms with Crippen LogP contribution in [0, 0.1) is 0 Å². The number of unbranched alkanes of at least 4 members (excludes halogenated alkanes) is 1. The summed E-state index contributed by atoms with van der Waals surface area (Å²) in [6, 6.07) is 8.02. The van der Waals surface area contributed by atoms with Gasteiger partial charge in [-0.3, -0.25) is 4.79 Å². The molecule has 0 amide bonds. The zero-order valence-corrected chi connectivity index (χ0v) is 8.75. The van der Waals surface area contributed by atoms with Crippen LogP contribution in [0.3, 0.4) is 0 Å². The topological polar surface area (TPSA) is 17.1 Å². The average Bonchev–Trinajstić information content (AvgIpc) is 2.15. The van der Waals surface area contributed by atoms with Crippen molar-refractivity contribution in [3.05, 3.63) is 40.4 Å². The Morgan fingerprint density at radius 1 is 1.31 bits per heavy atom. The Hall–Kier alpha value is -0.890. The summed E-state index contributed by atoms with van der Waals surface area (Å²) < 4.78 is 1.07. The molecule has 0 aliphatic heterocycles. The molecule has 0 aliphatic rings. The highest BCUT2D eigenvalue weighted by atomic mass is 79.9. The first-order chi connectivity index (χ1) is 6.33. The van der Waals surface area contributed by atoms with E-state index < -0.39 is 0 Å². The largest absolute Gasteiger partial charge is 0.291 e. The molecule has 0 heterocycles. The second kappa shape index (κ2) is 5.70. The molecule has 0 aromatic heterocycles. The van der Waals surface area contributed by atoms with Crippen molar-refractivity contribution in [2.24, 2.45) is 0 Å². The molecule has 1 aromatic carbocycles. The van der Waals surface area contributed by atoms with E-state index in [1.807, 2.05) is 42.7 Å². The second-order valence-corrected chi connectivity index (χ2v) is 3.55. The van der Waals surface area contributed by atoms with Gasteiger partial charge >= 0.3 is 0 Å². The monoisotopic (exact) mass is 237 g/mol. The number of rotatable bonds is 4. The third-order valence-corrected chi connectivity index (χ3v) is 2.12. The van der Waals surface area contributed by atoms with Crippen LogP contribution in [0.2, 0.25) is 0 Å². The summed E-state index contributed by atoms with van der Waals surface area (Å²) in [7, 11) is 0. The number of benzene rings is 1. The van der Waals surface area contributed by atoms with Crippen molar-refractivity contribution in [3.8, 4) is 0 Å². The molecule has 0 unspecified atom stereocenters. The van der Waals surface area contributed by atoms with E-state index in [0.717, 1.165) is 16.5 Å². The molecular weight excluding hydrogens is 228 g/mol. The van der Waals surface area contributed by atoms with Crippen LogP contribution in [0.4, 0.5) is 0 Å². The van der Waals surface area contributed by atoms with Crippen molar-refractivity contribution >= 4 is 28.3 Å². The summed E-state index contributed by atoms with van der Waals surface area (Å²) in [5.41, 5.74) is 1.15. The fraction of sp³-hybridized carbons (Fsp3) is 0.182. The van der Waals surface area contributed by atoms with Gasteiger partial charge in [-0.1, -0.05) is 40.2 Å². The standard InChI is InChI=1S/C11H10BrO/c12-11-7-5-10(6-8-11)4-2-1-3-9-13/h2,4-8H,1,3H2/b4-2+. The van der Waals surface area contributed by atoms with Crippen LogP contribution in [-0.4, -0.2) is 6.29 Å². The molecule has 0 fully saturated rings. The van der Waals surface area contributed by atoms with E-state index >= 15 is 0 Å². The van der Waals surface area contributed by atoms with Gasteiger partial charge in [-0.25, -0.2) is 0 Å². The van der Waals surface area contributed by atoms with Crippen molar-refractivity contribution in [1.29, 1.82) is 0 Å². The fourth-order valence-corrected chi connectivity index (χ4v) is 1.20. The minimum Gasteiger partial charge on any atom is -0.291 e.